The number of nitrogens with one attached hydrogen (secondary N) is 1. The first kappa shape index (κ1) is 20.0. The van der Waals surface area contributed by atoms with Crippen molar-refractivity contribution in [2.45, 2.75) is 26.4 Å². The van der Waals surface area contributed by atoms with Crippen molar-refractivity contribution in [3.05, 3.63) is 62.4 Å². The number of carbonyl (C=O) groups is 1. The van der Waals surface area contributed by atoms with Crippen LogP contribution in [0.2, 0.25) is 5.02 Å². The Kier molecular flexibility index (Phi) is 6.63. The minimum Gasteiger partial charge on any atom is -0.489 e. The molecule has 1 fully saturated rings. The van der Waals surface area contributed by atoms with Crippen LogP contribution < -0.4 is 10.1 Å². The van der Waals surface area contributed by atoms with Crippen LogP contribution in [0.5, 0.6) is 5.75 Å². The number of thioether (sulfide) groups is 1. The molecule has 2 aromatic carbocycles. The summed E-state index contributed by atoms with van der Waals surface area (Å²) >= 11 is 11.0. The second kappa shape index (κ2) is 8.95. The second-order valence-corrected chi connectivity index (χ2v) is 8.34. The highest BCUT2D eigenvalue weighted by atomic mass is 79.9. The molecular weight excluding hydrogens is 448 g/mol. The highest BCUT2D eigenvalue weighted by Gasteiger charge is 2.23. The Morgan fingerprint density at radius 1 is 1.30 bits per heavy atom. The standard InChI is InChI=1S/C20H18BrClN2O2S/c1-3-12(2)26-17-9-4-13(10-16(17)22)11-18-19(25)24-20(27-18)23-15-7-5-14(21)6-8-15/h4-12H,3H2,1-2H3,(H,23,24,25)/b18-11-/t12-/m0/s1. The number of amides is 1. The van der Waals surface area contributed by atoms with E-state index in [2.05, 4.69) is 33.2 Å². The Morgan fingerprint density at radius 3 is 2.70 bits per heavy atom. The topological polar surface area (TPSA) is 50.7 Å². The zero-order chi connectivity index (χ0) is 19.4. The molecule has 4 nitrogen and oxygen atoms in total. The third kappa shape index (κ3) is 5.37. The summed E-state index contributed by atoms with van der Waals surface area (Å²) in [5.74, 6) is 0.473. The molecule has 0 spiro atoms. The lowest BCUT2D eigenvalue weighted by Crippen LogP contribution is -2.19. The number of carbonyl (C=O) groups excluding carboxylic acids is 1. The van der Waals surface area contributed by atoms with Crippen molar-refractivity contribution in [1.29, 1.82) is 0 Å². The first-order chi connectivity index (χ1) is 12.9. The summed E-state index contributed by atoms with van der Waals surface area (Å²) in [5.41, 5.74) is 1.61. The highest BCUT2D eigenvalue weighted by molar-refractivity contribution is 9.10. The van der Waals surface area contributed by atoms with E-state index in [1.165, 1.54) is 11.8 Å². The zero-order valence-electron chi connectivity index (χ0n) is 14.8. The van der Waals surface area contributed by atoms with Crippen molar-refractivity contribution in [3.63, 3.8) is 0 Å². The maximum atomic E-state index is 12.2. The van der Waals surface area contributed by atoms with Crippen LogP contribution in [0, 0.1) is 0 Å². The van der Waals surface area contributed by atoms with Crippen LogP contribution in [0.25, 0.3) is 6.08 Å². The van der Waals surface area contributed by atoms with E-state index in [1.54, 1.807) is 12.1 Å². The molecule has 3 rings (SSSR count). The quantitative estimate of drug-likeness (QED) is 0.537. The number of ether oxygens (including phenoxy) is 1. The van der Waals surface area contributed by atoms with Crippen LogP contribution in [0.1, 0.15) is 25.8 Å². The normalized spacial score (nSPS) is 18.0. The lowest BCUT2D eigenvalue weighted by Gasteiger charge is -2.14. The predicted octanol–water partition coefficient (Wildman–Crippen LogP) is 6.17. The van der Waals surface area contributed by atoms with Crippen molar-refractivity contribution in [1.82, 2.24) is 5.32 Å². The van der Waals surface area contributed by atoms with Crippen molar-refractivity contribution in [3.8, 4) is 5.75 Å². The van der Waals surface area contributed by atoms with E-state index in [1.807, 2.05) is 43.3 Å². The van der Waals surface area contributed by atoms with E-state index in [9.17, 15) is 4.79 Å². The first-order valence-corrected chi connectivity index (χ1v) is 10.4. The lowest BCUT2D eigenvalue weighted by atomic mass is 10.2. The number of hydrogen-bond acceptors (Lipinski definition) is 4. The molecule has 0 unspecified atom stereocenters. The molecule has 1 atom stereocenters. The predicted molar refractivity (Wildman–Crippen MR) is 117 cm³/mol. The van der Waals surface area contributed by atoms with Gasteiger partial charge in [0.25, 0.3) is 5.91 Å². The third-order valence-electron chi connectivity index (χ3n) is 3.86. The Morgan fingerprint density at radius 2 is 2.04 bits per heavy atom. The maximum absolute atomic E-state index is 12.2. The van der Waals surface area contributed by atoms with Gasteiger partial charge in [0.2, 0.25) is 0 Å². The fourth-order valence-electron chi connectivity index (χ4n) is 2.27. The van der Waals surface area contributed by atoms with E-state index >= 15 is 0 Å². The number of nitrogens with zero attached hydrogens (tertiary/aromatic N) is 1. The van der Waals surface area contributed by atoms with E-state index in [4.69, 9.17) is 16.3 Å². The molecule has 140 valence electrons. The van der Waals surface area contributed by atoms with Gasteiger partial charge in [-0.3, -0.25) is 4.79 Å². The Hall–Kier alpha value is -1.76. The van der Waals surface area contributed by atoms with Crippen LogP contribution >= 0.6 is 39.3 Å². The van der Waals surface area contributed by atoms with Gasteiger partial charge < -0.3 is 10.1 Å². The molecule has 1 saturated heterocycles. The van der Waals surface area contributed by atoms with Gasteiger partial charge in [-0.1, -0.05) is 40.5 Å². The van der Waals surface area contributed by atoms with Crippen molar-refractivity contribution in [2.75, 3.05) is 0 Å². The number of halogens is 2. The molecular formula is C20H18BrClN2O2S. The highest BCUT2D eigenvalue weighted by Crippen LogP contribution is 2.31. The molecule has 27 heavy (non-hydrogen) atoms. The van der Waals surface area contributed by atoms with Crippen LogP contribution in [0.4, 0.5) is 5.69 Å². The van der Waals surface area contributed by atoms with E-state index < -0.39 is 0 Å². The van der Waals surface area contributed by atoms with Crippen LogP contribution in [-0.2, 0) is 4.79 Å². The Balaban J connectivity index is 1.76. The van der Waals surface area contributed by atoms with Gasteiger partial charge in [0.1, 0.15) is 5.75 Å². The molecule has 0 aliphatic carbocycles. The Labute approximate surface area is 176 Å². The fourth-order valence-corrected chi connectivity index (χ4v) is 3.61. The molecule has 2 aromatic rings. The SMILES string of the molecule is CC[C@H](C)Oc1ccc(/C=C2\SC(=Nc3ccc(Br)cc3)NC2=O)cc1Cl. The van der Waals surface area contributed by atoms with Gasteiger partial charge in [-0.25, -0.2) is 4.99 Å². The monoisotopic (exact) mass is 464 g/mol. The van der Waals surface area contributed by atoms with Gasteiger partial charge in [0, 0.05) is 4.47 Å². The molecule has 0 radical (unpaired) electrons. The van der Waals surface area contributed by atoms with Gasteiger partial charge in [-0.2, -0.15) is 0 Å². The average Bonchev–Trinajstić information content (AvgIpc) is 2.98. The minimum absolute atomic E-state index is 0.0975. The van der Waals surface area contributed by atoms with Gasteiger partial charge in [0.15, 0.2) is 5.17 Å². The van der Waals surface area contributed by atoms with Crippen LogP contribution in [0.15, 0.2) is 56.8 Å². The molecule has 1 N–H and O–H groups in total. The fraction of sp³-hybridized carbons (Fsp3) is 0.200. The van der Waals surface area contributed by atoms with E-state index in [-0.39, 0.29) is 12.0 Å². The van der Waals surface area contributed by atoms with E-state index in [0.717, 1.165) is 22.1 Å². The summed E-state index contributed by atoms with van der Waals surface area (Å²) in [6.45, 7) is 4.05. The molecule has 1 aliphatic rings. The summed E-state index contributed by atoms with van der Waals surface area (Å²) in [5, 5.41) is 3.86. The number of aliphatic imine (C=N–C) groups is 1. The summed E-state index contributed by atoms with van der Waals surface area (Å²) < 4.78 is 6.75. The molecule has 1 aliphatic heterocycles. The number of benzene rings is 2. The molecule has 0 saturated carbocycles. The number of rotatable bonds is 5. The molecule has 0 bridgehead atoms. The van der Waals surface area contributed by atoms with Crippen LogP contribution in [-0.4, -0.2) is 17.2 Å². The minimum atomic E-state index is -0.174. The largest absolute Gasteiger partial charge is 0.489 e. The molecule has 7 heteroatoms. The molecule has 1 heterocycles. The van der Waals surface area contributed by atoms with Crippen molar-refractivity contribution < 1.29 is 9.53 Å². The van der Waals surface area contributed by atoms with Gasteiger partial charge >= 0.3 is 0 Å². The molecule has 1 amide bonds. The average molecular weight is 466 g/mol. The van der Waals surface area contributed by atoms with Crippen molar-refractivity contribution in [2.24, 2.45) is 4.99 Å². The summed E-state index contributed by atoms with van der Waals surface area (Å²) in [7, 11) is 0. The summed E-state index contributed by atoms with van der Waals surface area (Å²) in [4.78, 5) is 17.2. The van der Waals surface area contributed by atoms with Gasteiger partial charge in [-0.05, 0) is 73.1 Å². The summed E-state index contributed by atoms with van der Waals surface area (Å²) in [6.07, 6.45) is 2.79. The molecule has 0 aromatic heterocycles. The van der Waals surface area contributed by atoms with E-state index in [0.29, 0.717) is 20.8 Å². The van der Waals surface area contributed by atoms with Crippen molar-refractivity contribution >= 4 is 62.1 Å². The van der Waals surface area contributed by atoms with Gasteiger partial charge in [0.05, 0.1) is 21.7 Å². The smallest absolute Gasteiger partial charge is 0.264 e. The maximum Gasteiger partial charge on any atom is 0.264 e. The van der Waals surface area contributed by atoms with Gasteiger partial charge in [-0.15, -0.1) is 0 Å². The number of hydrogen-bond donors (Lipinski definition) is 1. The Bertz CT molecular complexity index is 913. The van der Waals surface area contributed by atoms with Crippen LogP contribution in [0.3, 0.4) is 0 Å². The second-order valence-electron chi connectivity index (χ2n) is 5.98. The third-order valence-corrected chi connectivity index (χ3v) is 5.60. The number of amidine groups is 1. The first-order valence-electron chi connectivity index (χ1n) is 8.46. The zero-order valence-corrected chi connectivity index (χ0v) is 18.0. The lowest BCUT2D eigenvalue weighted by molar-refractivity contribution is -0.115. The summed E-state index contributed by atoms with van der Waals surface area (Å²) in [6, 6.07) is 13.1.